The van der Waals surface area contributed by atoms with Crippen molar-refractivity contribution in [3.8, 4) is 11.3 Å². The molecule has 1 saturated heterocycles. The number of hydrogen-bond donors (Lipinski definition) is 2. The number of aliphatic hydroxyl groups is 1. The summed E-state index contributed by atoms with van der Waals surface area (Å²) in [5.74, 6) is 0.480. The standard InChI is InChI=1S/C26H38N4O3/c1-19(2)15-21-16-27-13-14-29(21)25(31)23-24(20-9-5-4-6-10-20)30(18-28-23)22-11-7-8-12-26(22,32)17-33-3/h4-6,9-10,18-19,21-22,27,32H,7-8,11-17H2,1-3H3/t21-,22-,26-/m1/s1. The molecule has 1 aromatic heterocycles. The molecule has 7 nitrogen and oxygen atoms in total. The van der Waals surface area contributed by atoms with Crippen LogP contribution in [0.5, 0.6) is 0 Å². The van der Waals surface area contributed by atoms with Crippen LogP contribution in [0.3, 0.4) is 0 Å². The van der Waals surface area contributed by atoms with Crippen LogP contribution >= 0.6 is 0 Å². The maximum Gasteiger partial charge on any atom is 0.275 e. The van der Waals surface area contributed by atoms with Crippen LogP contribution in [0, 0.1) is 5.92 Å². The molecule has 0 radical (unpaired) electrons. The minimum Gasteiger partial charge on any atom is -0.385 e. The third-order valence-corrected chi connectivity index (χ3v) is 7.09. The van der Waals surface area contributed by atoms with Gasteiger partial charge in [-0.2, -0.15) is 0 Å². The summed E-state index contributed by atoms with van der Waals surface area (Å²) in [7, 11) is 1.63. The second kappa shape index (κ2) is 10.4. The Morgan fingerprint density at radius 3 is 2.82 bits per heavy atom. The van der Waals surface area contributed by atoms with Gasteiger partial charge in [-0.05, 0) is 25.2 Å². The van der Waals surface area contributed by atoms with E-state index in [0.29, 0.717) is 24.6 Å². The first-order valence-corrected chi connectivity index (χ1v) is 12.3. The van der Waals surface area contributed by atoms with Crippen LogP contribution in [0.2, 0.25) is 0 Å². The number of nitrogens with one attached hydrogen (secondary N) is 1. The first-order valence-electron chi connectivity index (χ1n) is 12.3. The van der Waals surface area contributed by atoms with Crippen molar-refractivity contribution in [3.63, 3.8) is 0 Å². The highest BCUT2D eigenvalue weighted by Crippen LogP contribution is 2.41. The molecule has 2 aliphatic rings. The highest BCUT2D eigenvalue weighted by Gasteiger charge is 2.42. The number of aromatic nitrogens is 2. The molecule has 2 aromatic rings. The number of amides is 1. The molecule has 2 N–H and O–H groups in total. The highest BCUT2D eigenvalue weighted by molar-refractivity contribution is 5.98. The molecule has 2 heterocycles. The lowest BCUT2D eigenvalue weighted by molar-refractivity contribution is -0.0893. The minimum atomic E-state index is -0.979. The molecule has 1 amide bonds. The molecule has 7 heteroatoms. The largest absolute Gasteiger partial charge is 0.385 e. The minimum absolute atomic E-state index is 0.0224. The fourth-order valence-electron chi connectivity index (χ4n) is 5.58. The molecule has 1 saturated carbocycles. The zero-order chi connectivity index (χ0) is 23.4. The number of imidazole rings is 1. The maximum atomic E-state index is 13.9. The van der Waals surface area contributed by atoms with Crippen molar-refractivity contribution in [2.45, 2.75) is 63.6 Å². The van der Waals surface area contributed by atoms with Crippen molar-refractivity contribution >= 4 is 5.91 Å². The van der Waals surface area contributed by atoms with Crippen LogP contribution in [0.4, 0.5) is 0 Å². The molecule has 0 spiro atoms. The summed E-state index contributed by atoms with van der Waals surface area (Å²) >= 11 is 0. The molecule has 1 aliphatic heterocycles. The summed E-state index contributed by atoms with van der Waals surface area (Å²) in [5, 5.41) is 15.0. The lowest BCUT2D eigenvalue weighted by atomic mass is 9.80. The van der Waals surface area contributed by atoms with Crippen LogP contribution in [0.25, 0.3) is 11.3 Å². The van der Waals surface area contributed by atoms with Crippen LogP contribution in [0.1, 0.15) is 62.5 Å². The first-order chi connectivity index (χ1) is 15.9. The Hall–Kier alpha value is -2.22. The van der Waals surface area contributed by atoms with Crippen LogP contribution < -0.4 is 5.32 Å². The van der Waals surface area contributed by atoms with Gasteiger partial charge in [0.15, 0.2) is 5.69 Å². The Kier molecular flexibility index (Phi) is 7.51. The Morgan fingerprint density at radius 2 is 2.09 bits per heavy atom. The molecular formula is C26H38N4O3. The van der Waals surface area contributed by atoms with Crippen molar-refractivity contribution in [2.24, 2.45) is 5.92 Å². The predicted octanol–water partition coefficient (Wildman–Crippen LogP) is 3.50. The number of nitrogens with zero attached hydrogens (tertiary/aromatic N) is 3. The number of hydrogen-bond acceptors (Lipinski definition) is 5. The molecule has 2 fully saturated rings. The van der Waals surface area contributed by atoms with Crippen LogP contribution in [-0.2, 0) is 4.74 Å². The number of piperazine rings is 1. The summed E-state index contributed by atoms with van der Waals surface area (Å²) in [6.45, 7) is 6.93. The van der Waals surface area contributed by atoms with E-state index >= 15 is 0 Å². The van der Waals surface area contributed by atoms with Gasteiger partial charge in [-0.15, -0.1) is 0 Å². The first kappa shape index (κ1) is 23.9. The normalized spacial score (nSPS) is 26.0. The number of ether oxygens (including phenoxy) is 1. The quantitative estimate of drug-likeness (QED) is 0.669. The zero-order valence-electron chi connectivity index (χ0n) is 20.2. The fourth-order valence-corrected chi connectivity index (χ4v) is 5.58. The van der Waals surface area contributed by atoms with Crippen molar-refractivity contribution in [1.29, 1.82) is 0 Å². The Bertz CT molecular complexity index is 925. The number of rotatable bonds is 7. The predicted molar refractivity (Wildman–Crippen MR) is 129 cm³/mol. The summed E-state index contributed by atoms with van der Waals surface area (Å²) in [5.41, 5.74) is 1.23. The van der Waals surface area contributed by atoms with E-state index in [4.69, 9.17) is 4.74 Å². The van der Waals surface area contributed by atoms with E-state index in [1.165, 1.54) is 0 Å². The van der Waals surface area contributed by atoms with Gasteiger partial charge in [0.05, 0.1) is 24.7 Å². The highest BCUT2D eigenvalue weighted by atomic mass is 16.5. The summed E-state index contributed by atoms with van der Waals surface area (Å²) in [6, 6.07) is 9.94. The summed E-state index contributed by atoms with van der Waals surface area (Å²) < 4.78 is 7.46. The van der Waals surface area contributed by atoms with E-state index in [2.05, 4.69) is 24.1 Å². The lowest BCUT2D eigenvalue weighted by Gasteiger charge is -2.41. The zero-order valence-corrected chi connectivity index (χ0v) is 20.2. The van der Waals surface area contributed by atoms with Crippen molar-refractivity contribution in [2.75, 3.05) is 33.4 Å². The molecule has 4 rings (SSSR count). The van der Waals surface area contributed by atoms with Gasteiger partial charge in [0.2, 0.25) is 0 Å². The van der Waals surface area contributed by atoms with Gasteiger partial charge < -0.3 is 24.6 Å². The van der Waals surface area contributed by atoms with Crippen molar-refractivity contribution in [1.82, 2.24) is 19.8 Å². The molecule has 33 heavy (non-hydrogen) atoms. The van der Waals surface area contributed by atoms with E-state index in [9.17, 15) is 9.90 Å². The van der Waals surface area contributed by atoms with Gasteiger partial charge in [0, 0.05) is 38.3 Å². The number of carbonyl (C=O) groups excluding carboxylic acids is 1. The fraction of sp³-hybridized carbons (Fsp3) is 0.615. The Morgan fingerprint density at radius 1 is 1.30 bits per heavy atom. The van der Waals surface area contributed by atoms with E-state index in [-0.39, 0.29) is 24.6 Å². The molecule has 0 bridgehead atoms. The number of methoxy groups -OCH3 is 1. The number of carbonyl (C=O) groups is 1. The second-order valence-electron chi connectivity index (χ2n) is 10.00. The molecule has 180 valence electrons. The van der Waals surface area contributed by atoms with Gasteiger partial charge in [0.1, 0.15) is 5.60 Å². The Balaban J connectivity index is 1.76. The molecule has 1 aromatic carbocycles. The van der Waals surface area contributed by atoms with E-state index in [1.807, 2.05) is 39.8 Å². The van der Waals surface area contributed by atoms with Gasteiger partial charge in [-0.25, -0.2) is 4.98 Å². The monoisotopic (exact) mass is 454 g/mol. The average Bonchev–Trinajstić information content (AvgIpc) is 3.24. The topological polar surface area (TPSA) is 79.6 Å². The molecular weight excluding hydrogens is 416 g/mol. The Labute approximate surface area is 197 Å². The smallest absolute Gasteiger partial charge is 0.275 e. The average molecular weight is 455 g/mol. The maximum absolute atomic E-state index is 13.9. The molecule has 1 aliphatic carbocycles. The second-order valence-corrected chi connectivity index (χ2v) is 10.00. The van der Waals surface area contributed by atoms with E-state index < -0.39 is 5.60 Å². The van der Waals surface area contributed by atoms with Gasteiger partial charge in [0.25, 0.3) is 5.91 Å². The van der Waals surface area contributed by atoms with Crippen LogP contribution in [-0.4, -0.2) is 70.5 Å². The summed E-state index contributed by atoms with van der Waals surface area (Å²) in [4.78, 5) is 20.6. The van der Waals surface area contributed by atoms with Gasteiger partial charge >= 0.3 is 0 Å². The summed E-state index contributed by atoms with van der Waals surface area (Å²) in [6.07, 6.45) is 6.21. The molecule has 0 unspecified atom stereocenters. The van der Waals surface area contributed by atoms with E-state index in [1.54, 1.807) is 13.4 Å². The van der Waals surface area contributed by atoms with Crippen LogP contribution in [0.15, 0.2) is 36.7 Å². The third kappa shape index (κ3) is 5.00. The van der Waals surface area contributed by atoms with Crippen molar-refractivity contribution < 1.29 is 14.6 Å². The van der Waals surface area contributed by atoms with Gasteiger partial charge in [-0.3, -0.25) is 4.79 Å². The van der Waals surface area contributed by atoms with Crippen molar-refractivity contribution in [3.05, 3.63) is 42.4 Å². The lowest BCUT2D eigenvalue weighted by Crippen LogP contribution is -2.54. The van der Waals surface area contributed by atoms with Gasteiger partial charge in [-0.1, -0.05) is 57.0 Å². The number of benzene rings is 1. The molecule has 3 atom stereocenters. The van der Waals surface area contributed by atoms with E-state index in [0.717, 1.165) is 50.0 Å². The third-order valence-electron chi connectivity index (χ3n) is 7.09. The SMILES string of the molecule is COC[C@]1(O)CCCC[C@H]1n1cnc(C(=O)N2CCNC[C@H]2CC(C)C)c1-c1ccccc1.